The van der Waals surface area contributed by atoms with Gasteiger partial charge in [-0.1, -0.05) is 158 Å². The van der Waals surface area contributed by atoms with Gasteiger partial charge in [0.2, 0.25) is 0 Å². The summed E-state index contributed by atoms with van der Waals surface area (Å²) in [4.78, 5) is 11.3. The molecule has 10 aromatic rings. The van der Waals surface area contributed by atoms with Gasteiger partial charge in [0.05, 0.1) is 0 Å². The van der Waals surface area contributed by atoms with E-state index >= 15 is 0 Å². The highest BCUT2D eigenvalue weighted by molar-refractivity contribution is 5.58. The molecule has 10 heteroatoms. The number of hydrogen-bond donors (Lipinski definition) is 0. The van der Waals surface area contributed by atoms with Crippen LogP contribution in [0.25, 0.3) is 0 Å². The number of hydrogen-bond acceptors (Lipinski definition) is 10. The summed E-state index contributed by atoms with van der Waals surface area (Å²) in [6.45, 7) is 16.1. The van der Waals surface area contributed by atoms with Gasteiger partial charge in [-0.15, -0.1) is 0 Å². The first-order chi connectivity index (χ1) is 42.1. The van der Waals surface area contributed by atoms with Gasteiger partial charge in [0.25, 0.3) is 0 Å². The molecule has 0 unspecified atom stereocenters. The maximum absolute atomic E-state index is 6.13. The fraction of sp³-hybridized carbons (Fsp3) is 0.211. The Bertz CT molecular complexity index is 3720. The van der Waals surface area contributed by atoms with Gasteiger partial charge in [-0.2, -0.15) is 0 Å². The second-order valence-electron chi connectivity index (χ2n) is 23.5. The van der Waals surface area contributed by atoms with E-state index < -0.39 is 0 Å². The van der Waals surface area contributed by atoms with Crippen molar-refractivity contribution in [2.45, 2.75) is 72.3 Å². The molecule has 10 aromatic carbocycles. The molecule has 0 bridgehead atoms. The third-order valence-electron chi connectivity index (χ3n) is 17.1. The van der Waals surface area contributed by atoms with E-state index in [9.17, 15) is 0 Å². The Hall–Kier alpha value is -9.80. The quantitative estimate of drug-likeness (QED) is 0.140. The molecule has 0 amide bonds. The van der Waals surface area contributed by atoms with Crippen LogP contribution in [0.5, 0.6) is 28.7 Å². The normalized spacial score (nSPS) is 14.7. The molecule has 0 saturated carbocycles. The molecule has 432 valence electrons. The maximum Gasteiger partial charge on any atom is 0.161 e. The highest BCUT2D eigenvalue weighted by Gasteiger charge is 2.29. The first-order valence-electron chi connectivity index (χ1n) is 29.9. The number of fused-ring (bicyclic) bond motifs is 5. The second-order valence-corrected chi connectivity index (χ2v) is 23.5. The van der Waals surface area contributed by atoms with Crippen LogP contribution in [0.1, 0.15) is 75.0 Å². The van der Waals surface area contributed by atoms with E-state index in [1.165, 1.54) is 89.6 Å². The number of nitrogens with zero attached hydrogens (tertiary/aromatic N) is 5. The predicted octanol–water partition coefficient (Wildman–Crippen LogP) is 16.4. The van der Waals surface area contributed by atoms with E-state index in [0.29, 0.717) is 33.7 Å². The summed E-state index contributed by atoms with van der Waals surface area (Å²) < 4.78 is 29.8. The van der Waals surface area contributed by atoms with Gasteiger partial charge in [-0.05, 0) is 146 Å². The standard InChI is InChI=1S/C33H34N2O2.C29H26N2O2.C14H13NO/c1-23-5-11-29(12-6-23)34-19-25-17-27(9-15-31(25)36-21-34)33(3,4)28-10-16-32-26(18-28)20-35(22-37-32)30-13-7-24(2)8-14-30;1-3-7-28-24(5-1)18-30(20-32-28)26-13-9-22(10-14-26)17-23-11-15-27(16-12-23)31-19-25-6-2-4-8-29(25)33-21-31;1-2-7-13(8-3-1)15-10-12-6-4-5-9-14(12)16-11-15/h5-18H,19-22H2,1-4H3;1-16H,17-21H2;1-9H,10-11H2. The molecule has 15 rings (SSSR count). The lowest BCUT2D eigenvalue weighted by Crippen LogP contribution is -2.33. The van der Waals surface area contributed by atoms with Crippen molar-refractivity contribution in [3.05, 3.63) is 298 Å². The van der Waals surface area contributed by atoms with Crippen molar-refractivity contribution in [2.24, 2.45) is 0 Å². The predicted molar refractivity (Wildman–Crippen MR) is 347 cm³/mol. The summed E-state index contributed by atoms with van der Waals surface area (Å²) in [6.07, 6.45) is 0.916. The van der Waals surface area contributed by atoms with Crippen LogP contribution in [-0.4, -0.2) is 33.7 Å². The molecular weight excluding hydrogens is 1060 g/mol. The molecule has 0 saturated heterocycles. The van der Waals surface area contributed by atoms with Crippen molar-refractivity contribution < 1.29 is 23.7 Å². The van der Waals surface area contributed by atoms with Crippen LogP contribution in [0.4, 0.5) is 28.4 Å². The minimum Gasteiger partial charge on any atom is -0.473 e. The average Bonchev–Trinajstić information content (AvgIpc) is 3.46. The van der Waals surface area contributed by atoms with Crippen LogP contribution < -0.4 is 48.2 Å². The van der Waals surface area contributed by atoms with Crippen molar-refractivity contribution >= 4 is 28.4 Å². The highest BCUT2D eigenvalue weighted by atomic mass is 16.5. The third-order valence-corrected chi connectivity index (χ3v) is 17.1. The van der Waals surface area contributed by atoms with E-state index in [4.69, 9.17) is 23.7 Å². The van der Waals surface area contributed by atoms with E-state index in [-0.39, 0.29) is 5.41 Å². The lowest BCUT2D eigenvalue weighted by atomic mass is 9.77. The number of anilines is 5. The first-order valence-corrected chi connectivity index (χ1v) is 29.9. The minimum absolute atomic E-state index is 0.164. The Morgan fingerprint density at radius 2 is 0.570 bits per heavy atom. The lowest BCUT2D eigenvalue weighted by Gasteiger charge is -2.34. The Labute approximate surface area is 506 Å². The minimum atomic E-state index is -0.164. The first kappa shape index (κ1) is 55.4. The molecule has 10 nitrogen and oxygen atoms in total. The van der Waals surface area contributed by atoms with E-state index in [0.717, 1.165) is 67.9 Å². The molecule has 0 aliphatic carbocycles. The van der Waals surface area contributed by atoms with Gasteiger partial charge in [0, 0.05) is 94.4 Å². The van der Waals surface area contributed by atoms with E-state index in [2.05, 4.69) is 246 Å². The number of aryl methyl sites for hydroxylation is 2. The molecule has 86 heavy (non-hydrogen) atoms. The molecule has 5 aliphatic heterocycles. The van der Waals surface area contributed by atoms with Gasteiger partial charge in [0.1, 0.15) is 28.7 Å². The maximum atomic E-state index is 6.13. The smallest absolute Gasteiger partial charge is 0.161 e. The fourth-order valence-electron chi connectivity index (χ4n) is 11.8. The monoisotopic (exact) mass is 1140 g/mol. The van der Waals surface area contributed by atoms with Gasteiger partial charge < -0.3 is 48.2 Å². The third kappa shape index (κ3) is 12.5. The summed E-state index contributed by atoms with van der Waals surface area (Å²) in [7, 11) is 0. The molecule has 0 aromatic heterocycles. The molecule has 0 radical (unpaired) electrons. The number of ether oxygens (including phenoxy) is 5. The molecule has 5 aliphatic rings. The Morgan fingerprint density at radius 1 is 0.291 bits per heavy atom. The van der Waals surface area contributed by atoms with Crippen LogP contribution in [0.15, 0.2) is 237 Å². The molecule has 0 atom stereocenters. The molecular formula is C76H73N5O5. The topological polar surface area (TPSA) is 62.4 Å². The van der Waals surface area contributed by atoms with Crippen LogP contribution >= 0.6 is 0 Å². The van der Waals surface area contributed by atoms with Gasteiger partial charge in [-0.25, -0.2) is 0 Å². The van der Waals surface area contributed by atoms with Gasteiger partial charge in [-0.3, -0.25) is 0 Å². The number of benzene rings is 10. The van der Waals surface area contributed by atoms with Crippen LogP contribution in [0.3, 0.4) is 0 Å². The Balaban J connectivity index is 0.000000128. The molecule has 5 heterocycles. The van der Waals surface area contributed by atoms with Crippen LogP contribution in [0, 0.1) is 13.8 Å². The summed E-state index contributed by atoms with van der Waals surface area (Å²) in [6, 6.07) is 83.4. The van der Waals surface area contributed by atoms with Gasteiger partial charge in [0.15, 0.2) is 33.7 Å². The SMILES string of the molecule is Cc1ccc(N2COc3ccc(C(C)(C)c4ccc5c(c4)CN(c4ccc(C)cc4)CO5)cc3C2)cc1.c1ccc(N2COc3ccccc3C2)cc1.c1ccc2c(c1)CN(c1ccc(Cc3ccc(N4COc5ccccc5C4)cc3)cc1)CO2. The van der Waals surface area contributed by atoms with E-state index in [1.807, 2.05) is 42.5 Å². The number of para-hydroxylation sites is 4. The summed E-state index contributed by atoms with van der Waals surface area (Å²) >= 11 is 0. The van der Waals surface area contributed by atoms with Crippen molar-refractivity contribution in [1.82, 2.24) is 0 Å². The summed E-state index contributed by atoms with van der Waals surface area (Å²) in [5.74, 6) is 4.96. The van der Waals surface area contributed by atoms with Gasteiger partial charge >= 0.3 is 0 Å². The highest BCUT2D eigenvalue weighted by Crippen LogP contribution is 2.40. The van der Waals surface area contributed by atoms with Crippen LogP contribution in [-0.2, 0) is 44.6 Å². The van der Waals surface area contributed by atoms with Crippen LogP contribution in [0.2, 0.25) is 0 Å². The Kier molecular flexibility index (Phi) is 16.0. The average molecular weight is 1140 g/mol. The molecule has 0 fully saturated rings. The lowest BCUT2D eigenvalue weighted by molar-refractivity contribution is 0.288. The summed E-state index contributed by atoms with van der Waals surface area (Å²) in [5.41, 5.74) is 19.7. The summed E-state index contributed by atoms with van der Waals surface area (Å²) in [5, 5.41) is 0. The van der Waals surface area contributed by atoms with E-state index in [1.54, 1.807) is 0 Å². The second kappa shape index (κ2) is 24.8. The van der Waals surface area contributed by atoms with Crippen molar-refractivity contribution in [1.29, 1.82) is 0 Å². The van der Waals surface area contributed by atoms with Crippen molar-refractivity contribution in [3.63, 3.8) is 0 Å². The zero-order valence-corrected chi connectivity index (χ0v) is 49.6. The Morgan fingerprint density at radius 3 is 0.919 bits per heavy atom. The van der Waals surface area contributed by atoms with Crippen molar-refractivity contribution in [2.75, 3.05) is 58.2 Å². The fourth-order valence-corrected chi connectivity index (χ4v) is 11.8. The number of rotatable bonds is 9. The van der Waals surface area contributed by atoms with Crippen molar-refractivity contribution in [3.8, 4) is 28.7 Å². The largest absolute Gasteiger partial charge is 0.473 e. The molecule has 0 spiro atoms. The zero-order chi connectivity index (χ0) is 58.4. The molecule has 0 N–H and O–H groups in total. The zero-order valence-electron chi connectivity index (χ0n) is 49.6.